The van der Waals surface area contributed by atoms with E-state index in [1.54, 1.807) is 6.92 Å². The summed E-state index contributed by atoms with van der Waals surface area (Å²) in [5.74, 6) is 4.47. The second-order valence-corrected chi connectivity index (χ2v) is 13.0. The minimum Gasteiger partial charge on any atom is -0.465 e. The highest BCUT2D eigenvalue weighted by molar-refractivity contribution is 5.82. The molecule has 5 rings (SSSR count). The quantitative estimate of drug-likeness (QED) is 0.343. The third-order valence-corrected chi connectivity index (χ3v) is 11.7. The van der Waals surface area contributed by atoms with Crippen molar-refractivity contribution in [1.82, 2.24) is 0 Å². The van der Waals surface area contributed by atoms with E-state index in [4.69, 9.17) is 9.84 Å². The molecular weight excluding hydrogens is 436 g/mol. The molecule has 0 saturated heterocycles. The highest BCUT2D eigenvalue weighted by Crippen LogP contribution is 2.71. The van der Waals surface area contributed by atoms with Gasteiger partial charge in [-0.2, -0.15) is 0 Å². The molecule has 1 N–H and O–H groups in total. The van der Waals surface area contributed by atoms with Crippen LogP contribution in [0.3, 0.4) is 0 Å². The molecule has 200 valence electrons. The number of ketones is 1. The maximum absolute atomic E-state index is 12.5. The van der Waals surface area contributed by atoms with Gasteiger partial charge in [-0.05, 0) is 98.2 Å². The van der Waals surface area contributed by atoms with Crippen LogP contribution in [0.5, 0.6) is 0 Å². The Bertz CT molecular complexity index is 791. The average Bonchev–Trinajstić information content (AvgIpc) is 3.25. The molecule has 4 nitrogen and oxygen atoms in total. The number of fused-ring (bicyclic) bond motifs is 7. The molecule has 0 aliphatic heterocycles. The first-order chi connectivity index (χ1) is 16.1. The van der Waals surface area contributed by atoms with Crippen LogP contribution in [-0.4, -0.2) is 30.1 Å². The largest absolute Gasteiger partial charge is 0.465 e. The number of Topliss-reactive ketones (excluding diaryl/α,β-unsaturated/α-hetero) is 1. The van der Waals surface area contributed by atoms with E-state index in [2.05, 4.69) is 27.4 Å². The van der Waals surface area contributed by atoms with Crippen LogP contribution in [0.1, 0.15) is 106 Å². The molecule has 5 aliphatic carbocycles. The van der Waals surface area contributed by atoms with E-state index in [0.717, 1.165) is 36.5 Å². The first-order valence-electron chi connectivity index (χ1n) is 14.0. The van der Waals surface area contributed by atoms with Gasteiger partial charge in [0.25, 0.3) is 0 Å². The average molecular weight is 489 g/mol. The number of carbonyl (C=O) groups excluding carboxylic acids is 2. The third-order valence-electron chi connectivity index (χ3n) is 11.7. The molecule has 0 aromatic carbocycles. The zero-order valence-corrected chi connectivity index (χ0v) is 22.1. The number of rotatable bonds is 3. The predicted molar refractivity (Wildman–Crippen MR) is 142 cm³/mol. The number of aliphatic hydroxyl groups excluding tert-OH is 1. The van der Waals surface area contributed by atoms with Gasteiger partial charge in [-0.15, -0.1) is 6.58 Å². The Morgan fingerprint density at radius 1 is 1.03 bits per heavy atom. The van der Waals surface area contributed by atoms with Crippen LogP contribution in [0.15, 0.2) is 12.7 Å². The Hall–Kier alpha value is -1.16. The highest BCUT2D eigenvalue weighted by atomic mass is 16.5. The first-order valence-corrected chi connectivity index (χ1v) is 14.0. The standard InChI is InChI=1S/C27H42O3.C3H6O.CH4/c1-17-20-9-13-26(4)21-10-15-27(16-30-18(2)28)12-5-6-22(27)19(21)7-8-24(26)25(20,3)14-11-23(17)29;1-2-3-4;/h17,19-22,24H,5-16H2,1-4H3;2,4H,1,3H2;1H4. The van der Waals surface area contributed by atoms with E-state index in [1.165, 1.54) is 63.9 Å². The molecule has 5 aliphatic rings. The summed E-state index contributed by atoms with van der Waals surface area (Å²) < 4.78 is 5.64. The lowest BCUT2D eigenvalue weighted by atomic mass is 9.38. The topological polar surface area (TPSA) is 63.6 Å². The van der Waals surface area contributed by atoms with Gasteiger partial charge in [-0.1, -0.05) is 40.7 Å². The molecule has 0 aromatic heterocycles. The Morgan fingerprint density at radius 3 is 2.34 bits per heavy atom. The minimum absolute atomic E-state index is 0. The van der Waals surface area contributed by atoms with E-state index < -0.39 is 0 Å². The van der Waals surface area contributed by atoms with Gasteiger partial charge >= 0.3 is 5.97 Å². The first kappa shape index (κ1) is 28.4. The normalized spacial score (nSPS) is 45.8. The fourth-order valence-corrected chi connectivity index (χ4v) is 10.3. The van der Waals surface area contributed by atoms with E-state index in [9.17, 15) is 9.59 Å². The molecular formula is C31H52O4. The molecule has 5 saturated carbocycles. The molecule has 4 heteroatoms. The second kappa shape index (κ2) is 10.7. The van der Waals surface area contributed by atoms with Crippen LogP contribution in [-0.2, 0) is 14.3 Å². The Labute approximate surface area is 214 Å². The molecule has 5 fully saturated rings. The zero-order chi connectivity index (χ0) is 24.7. The van der Waals surface area contributed by atoms with Crippen molar-refractivity contribution in [2.75, 3.05) is 13.2 Å². The van der Waals surface area contributed by atoms with E-state index >= 15 is 0 Å². The Morgan fingerprint density at radius 2 is 1.69 bits per heavy atom. The predicted octanol–water partition coefficient (Wildman–Crippen LogP) is 6.99. The second-order valence-electron chi connectivity index (χ2n) is 13.0. The molecule has 9 atom stereocenters. The number of hydrogen-bond donors (Lipinski definition) is 1. The smallest absolute Gasteiger partial charge is 0.302 e. The summed E-state index contributed by atoms with van der Waals surface area (Å²) in [7, 11) is 0. The summed E-state index contributed by atoms with van der Waals surface area (Å²) in [6.07, 6.45) is 15.1. The van der Waals surface area contributed by atoms with Gasteiger partial charge in [0.2, 0.25) is 0 Å². The Balaban J connectivity index is 0.000000638. The number of aliphatic hydroxyl groups is 1. The fourth-order valence-electron chi connectivity index (χ4n) is 10.3. The summed E-state index contributed by atoms with van der Waals surface area (Å²) in [6.45, 7) is 13.0. The van der Waals surface area contributed by atoms with Crippen LogP contribution in [0, 0.1) is 51.8 Å². The Kier molecular flexibility index (Phi) is 8.67. The minimum atomic E-state index is -0.111. The van der Waals surface area contributed by atoms with E-state index in [0.29, 0.717) is 29.1 Å². The zero-order valence-electron chi connectivity index (χ0n) is 22.1. The maximum atomic E-state index is 12.5. The molecule has 0 bridgehead atoms. The molecule has 0 amide bonds. The number of hydrogen-bond acceptors (Lipinski definition) is 4. The highest BCUT2D eigenvalue weighted by Gasteiger charge is 2.64. The summed E-state index contributed by atoms with van der Waals surface area (Å²) in [4.78, 5) is 24.1. The summed E-state index contributed by atoms with van der Waals surface area (Å²) in [5, 5.41) is 7.76. The summed E-state index contributed by atoms with van der Waals surface area (Å²) in [6, 6.07) is 0. The molecule has 9 unspecified atom stereocenters. The van der Waals surface area contributed by atoms with Crippen LogP contribution in [0.2, 0.25) is 0 Å². The van der Waals surface area contributed by atoms with Gasteiger partial charge in [0, 0.05) is 24.7 Å². The van der Waals surface area contributed by atoms with Crippen molar-refractivity contribution in [3.05, 3.63) is 12.7 Å². The van der Waals surface area contributed by atoms with Gasteiger partial charge in [0.05, 0.1) is 13.2 Å². The van der Waals surface area contributed by atoms with Gasteiger partial charge in [0.1, 0.15) is 5.78 Å². The lowest BCUT2D eigenvalue weighted by Crippen LogP contribution is -2.61. The van der Waals surface area contributed by atoms with Crippen molar-refractivity contribution in [2.24, 2.45) is 51.8 Å². The van der Waals surface area contributed by atoms with Crippen LogP contribution < -0.4 is 0 Å². The molecule has 0 spiro atoms. The molecule has 35 heavy (non-hydrogen) atoms. The van der Waals surface area contributed by atoms with E-state index in [1.807, 2.05) is 0 Å². The number of carbonyl (C=O) groups is 2. The SMILES string of the molecule is C.C=CCO.CC(=O)OCC12CCCC1C1CCC3C4(C)CCC(=O)C(C)C4CCC3(C)C1CC2. The number of ether oxygens (including phenoxy) is 1. The molecule has 0 heterocycles. The van der Waals surface area contributed by atoms with Crippen molar-refractivity contribution in [3.63, 3.8) is 0 Å². The van der Waals surface area contributed by atoms with Gasteiger partial charge in [-0.25, -0.2) is 0 Å². The van der Waals surface area contributed by atoms with Crippen molar-refractivity contribution >= 4 is 11.8 Å². The monoisotopic (exact) mass is 488 g/mol. The maximum Gasteiger partial charge on any atom is 0.302 e. The van der Waals surface area contributed by atoms with Crippen molar-refractivity contribution in [1.29, 1.82) is 0 Å². The van der Waals surface area contributed by atoms with Crippen LogP contribution in [0.4, 0.5) is 0 Å². The summed E-state index contributed by atoms with van der Waals surface area (Å²) >= 11 is 0. The lowest BCUT2D eigenvalue weighted by molar-refractivity contribution is -0.189. The van der Waals surface area contributed by atoms with E-state index in [-0.39, 0.29) is 31.3 Å². The molecule has 0 aromatic rings. The van der Waals surface area contributed by atoms with Gasteiger partial charge in [0.15, 0.2) is 0 Å². The number of esters is 1. The lowest BCUT2D eigenvalue weighted by Gasteiger charge is -2.67. The van der Waals surface area contributed by atoms with Crippen molar-refractivity contribution in [2.45, 2.75) is 106 Å². The summed E-state index contributed by atoms with van der Waals surface area (Å²) in [5.41, 5.74) is 1.06. The fraction of sp³-hybridized carbons (Fsp3) is 0.871. The van der Waals surface area contributed by atoms with Gasteiger partial charge < -0.3 is 9.84 Å². The van der Waals surface area contributed by atoms with Gasteiger partial charge in [-0.3, -0.25) is 9.59 Å². The van der Waals surface area contributed by atoms with Crippen molar-refractivity contribution < 1.29 is 19.4 Å². The van der Waals surface area contributed by atoms with Crippen LogP contribution in [0.25, 0.3) is 0 Å². The molecule has 0 radical (unpaired) electrons. The van der Waals surface area contributed by atoms with Crippen molar-refractivity contribution in [3.8, 4) is 0 Å². The van der Waals surface area contributed by atoms with Crippen LogP contribution >= 0.6 is 0 Å². The third kappa shape index (κ3) is 4.66.